The van der Waals surface area contributed by atoms with Crippen LogP contribution in [0.1, 0.15) is 52.7 Å². The molecule has 0 saturated carbocycles. The molecule has 0 N–H and O–H groups in total. The summed E-state index contributed by atoms with van der Waals surface area (Å²) in [4.78, 5) is 5.01. The van der Waals surface area contributed by atoms with Gasteiger partial charge in [0, 0.05) is 49.5 Å². The molecule has 8 aromatic carbocycles. The van der Waals surface area contributed by atoms with Crippen LogP contribution in [-0.2, 0) is 10.8 Å². The van der Waals surface area contributed by atoms with Gasteiger partial charge in [-0.1, -0.05) is 151 Å². The topological polar surface area (TPSA) is 32.8 Å². The number of benzene rings is 8. The summed E-state index contributed by atoms with van der Waals surface area (Å²) >= 11 is 0. The molecule has 2 aliphatic heterocycles. The summed E-state index contributed by atoms with van der Waals surface area (Å²) in [5.74, 6) is 0.839. The van der Waals surface area contributed by atoms with Crippen LogP contribution < -0.4 is 20.6 Å². The molecule has 0 saturated heterocycles. The van der Waals surface area contributed by atoms with Crippen molar-refractivity contribution >= 4 is 90.1 Å². The van der Waals surface area contributed by atoms with Gasteiger partial charge in [0.2, 0.25) is 5.88 Å². The fraction of sp³-hybridized carbons (Fsp3) is 0.143. The van der Waals surface area contributed by atoms with Gasteiger partial charge in [0.25, 0.3) is 0 Å². The fourth-order valence-electron chi connectivity index (χ4n) is 10.1. The van der Waals surface area contributed by atoms with Crippen LogP contribution in [0.25, 0.3) is 65.9 Å². The van der Waals surface area contributed by atoms with E-state index in [0.717, 1.165) is 89.1 Å². The second kappa shape index (κ2) is 12.8. The van der Waals surface area contributed by atoms with Crippen LogP contribution in [0.3, 0.4) is 0 Å². The average Bonchev–Trinajstić information content (AvgIpc) is 3.85. The Balaban J connectivity index is 1.27. The molecular formula is C56H45BN2O2. The first-order chi connectivity index (χ1) is 29.5. The molecule has 4 heterocycles. The lowest BCUT2D eigenvalue weighted by Crippen LogP contribution is -2.61. The molecule has 0 spiro atoms. The molecule has 0 atom stereocenters. The number of anilines is 5. The highest BCUT2D eigenvalue weighted by molar-refractivity contribution is 6.95. The van der Waals surface area contributed by atoms with Crippen LogP contribution in [-0.4, -0.2) is 6.85 Å². The molecule has 12 rings (SSSR count). The van der Waals surface area contributed by atoms with E-state index in [4.69, 9.17) is 8.83 Å². The van der Waals surface area contributed by atoms with Crippen LogP contribution in [0.4, 0.5) is 28.6 Å². The zero-order valence-corrected chi connectivity index (χ0v) is 35.4. The van der Waals surface area contributed by atoms with E-state index < -0.39 is 0 Å². The number of furan rings is 2. The zero-order chi connectivity index (χ0) is 41.4. The highest BCUT2D eigenvalue weighted by Crippen LogP contribution is 2.54. The molecule has 61 heavy (non-hydrogen) atoms. The van der Waals surface area contributed by atoms with E-state index in [2.05, 4.69) is 215 Å². The van der Waals surface area contributed by atoms with Gasteiger partial charge in [-0.05, 0) is 98.5 Å². The van der Waals surface area contributed by atoms with Gasteiger partial charge in [-0.25, -0.2) is 0 Å². The van der Waals surface area contributed by atoms with Crippen LogP contribution in [0.5, 0.6) is 0 Å². The number of para-hydroxylation sites is 2. The summed E-state index contributed by atoms with van der Waals surface area (Å²) in [6.07, 6.45) is 0. The van der Waals surface area contributed by atoms with Crippen LogP contribution in [0.15, 0.2) is 173 Å². The SMILES string of the molecule is CC(C)(C)c1ccc(N2B3c4c(cc5ccccc5c4N(c4ccc(C(C)(C)C)cc4-c4ccccc4)c4oc5ccccc5c43)-c3c2ccc2c3oc3ccccc32)cc1. The Morgan fingerprint density at radius 3 is 1.84 bits per heavy atom. The maximum absolute atomic E-state index is 7.27. The molecule has 5 heteroatoms. The van der Waals surface area contributed by atoms with Crippen molar-refractivity contribution < 1.29 is 8.83 Å². The fourth-order valence-corrected chi connectivity index (χ4v) is 10.1. The molecule has 0 unspecified atom stereocenters. The van der Waals surface area contributed by atoms with Gasteiger partial charge in [-0.3, -0.25) is 4.90 Å². The molecule has 0 radical (unpaired) electrons. The Labute approximate surface area is 356 Å². The number of hydrogen-bond donors (Lipinski definition) is 0. The summed E-state index contributed by atoms with van der Waals surface area (Å²) < 4.78 is 14.3. The molecule has 0 aliphatic carbocycles. The Morgan fingerprint density at radius 1 is 0.475 bits per heavy atom. The van der Waals surface area contributed by atoms with Crippen molar-refractivity contribution in [3.8, 4) is 22.3 Å². The third kappa shape index (κ3) is 5.26. The van der Waals surface area contributed by atoms with E-state index in [-0.39, 0.29) is 17.7 Å². The maximum atomic E-state index is 7.27. The van der Waals surface area contributed by atoms with Gasteiger partial charge in [-0.15, -0.1) is 0 Å². The molecule has 294 valence electrons. The van der Waals surface area contributed by atoms with E-state index in [0.29, 0.717) is 0 Å². The second-order valence-corrected chi connectivity index (χ2v) is 18.9. The van der Waals surface area contributed by atoms with Gasteiger partial charge in [-0.2, -0.15) is 0 Å². The summed E-state index contributed by atoms with van der Waals surface area (Å²) in [6, 6.07) is 60.0. The number of nitrogens with zero attached hydrogens (tertiary/aromatic N) is 2. The molecule has 0 amide bonds. The lowest BCUT2D eigenvalue weighted by atomic mass is 9.43. The summed E-state index contributed by atoms with van der Waals surface area (Å²) in [5, 5.41) is 5.67. The molecule has 0 bridgehead atoms. The van der Waals surface area contributed by atoms with Gasteiger partial charge in [0.1, 0.15) is 16.7 Å². The van der Waals surface area contributed by atoms with E-state index >= 15 is 0 Å². The summed E-state index contributed by atoms with van der Waals surface area (Å²) in [6.45, 7) is 13.5. The number of rotatable bonds is 3. The Bertz CT molecular complexity index is 3400. The number of hydrogen-bond acceptors (Lipinski definition) is 4. The standard InChI is InChI=1S/C56H45BN2O2/c1-55(2,3)36-24-27-38(28-25-36)59-46-31-29-41-40-20-12-14-22-47(40)60-53(41)49(46)44-32-35-18-10-11-19-39(35)52-50(44)57(59)51-42-21-13-15-23-48(42)61-54(51)58(52)45-30-26-37(56(4,5)6)33-43(45)34-16-8-7-9-17-34/h7-33H,1-6H3. The van der Waals surface area contributed by atoms with Crippen molar-refractivity contribution in [2.75, 3.05) is 9.71 Å². The van der Waals surface area contributed by atoms with Crippen LogP contribution in [0, 0.1) is 0 Å². The third-order valence-electron chi connectivity index (χ3n) is 13.2. The van der Waals surface area contributed by atoms with E-state index in [1.807, 2.05) is 0 Å². The predicted molar refractivity (Wildman–Crippen MR) is 258 cm³/mol. The first kappa shape index (κ1) is 35.9. The van der Waals surface area contributed by atoms with Crippen LogP contribution >= 0.6 is 0 Å². The largest absolute Gasteiger partial charge is 0.455 e. The van der Waals surface area contributed by atoms with Crippen LogP contribution in [0.2, 0.25) is 0 Å². The molecule has 2 aromatic heterocycles. The highest BCUT2D eigenvalue weighted by atomic mass is 16.4. The molecule has 10 aromatic rings. The number of fused-ring (bicyclic) bond motifs is 12. The maximum Gasteiger partial charge on any atom is 0.337 e. The quantitative estimate of drug-likeness (QED) is 0.167. The smallest absolute Gasteiger partial charge is 0.337 e. The van der Waals surface area contributed by atoms with E-state index in [1.165, 1.54) is 27.5 Å². The normalized spacial score (nSPS) is 13.6. The minimum Gasteiger partial charge on any atom is -0.455 e. The van der Waals surface area contributed by atoms with Gasteiger partial charge >= 0.3 is 6.85 Å². The lowest BCUT2D eigenvalue weighted by molar-refractivity contribution is 0.590. The predicted octanol–water partition coefficient (Wildman–Crippen LogP) is 14.5. The monoisotopic (exact) mass is 788 g/mol. The Hall–Kier alpha value is -6.98. The van der Waals surface area contributed by atoms with Crippen molar-refractivity contribution in [3.05, 3.63) is 175 Å². The highest BCUT2D eigenvalue weighted by Gasteiger charge is 2.49. The molecular weight excluding hydrogens is 743 g/mol. The average molecular weight is 789 g/mol. The van der Waals surface area contributed by atoms with Gasteiger partial charge < -0.3 is 13.6 Å². The summed E-state index contributed by atoms with van der Waals surface area (Å²) in [7, 11) is 0. The minimum absolute atomic E-state index is 0.00965. The van der Waals surface area contributed by atoms with Crippen molar-refractivity contribution in [1.29, 1.82) is 0 Å². The Kier molecular flexibility index (Phi) is 7.52. The first-order valence-electron chi connectivity index (χ1n) is 21.5. The van der Waals surface area contributed by atoms with Crippen molar-refractivity contribution in [2.24, 2.45) is 0 Å². The van der Waals surface area contributed by atoms with E-state index in [1.54, 1.807) is 0 Å². The Morgan fingerprint density at radius 2 is 1.10 bits per heavy atom. The van der Waals surface area contributed by atoms with Crippen molar-refractivity contribution in [3.63, 3.8) is 0 Å². The van der Waals surface area contributed by atoms with Crippen molar-refractivity contribution in [1.82, 2.24) is 0 Å². The third-order valence-corrected chi connectivity index (χ3v) is 13.2. The summed E-state index contributed by atoms with van der Waals surface area (Å²) in [5.41, 5.74) is 16.6. The van der Waals surface area contributed by atoms with Gasteiger partial charge in [0.15, 0.2) is 0 Å². The minimum atomic E-state index is -0.228. The second-order valence-electron chi connectivity index (χ2n) is 18.9. The molecule has 4 nitrogen and oxygen atoms in total. The van der Waals surface area contributed by atoms with Gasteiger partial charge in [0.05, 0.1) is 11.4 Å². The lowest BCUT2D eigenvalue weighted by Gasteiger charge is -2.44. The zero-order valence-electron chi connectivity index (χ0n) is 35.4. The van der Waals surface area contributed by atoms with Crippen molar-refractivity contribution in [2.45, 2.75) is 52.4 Å². The van der Waals surface area contributed by atoms with E-state index in [9.17, 15) is 0 Å². The molecule has 0 fully saturated rings. The first-order valence-corrected chi connectivity index (χ1v) is 21.5. The molecule has 2 aliphatic rings.